The molecule has 0 N–H and O–H groups in total. The highest BCUT2D eigenvalue weighted by Gasteiger charge is 2.39. The topological polar surface area (TPSA) is 55.4 Å². The third-order valence-corrected chi connectivity index (χ3v) is 14.4. The highest BCUT2D eigenvalue weighted by atomic mass is 16.5. The second-order valence-electron chi connectivity index (χ2n) is 19.6. The average molecular weight is 943 g/mol. The first kappa shape index (κ1) is 50.5. The van der Waals surface area contributed by atoms with E-state index >= 15 is 0 Å². The summed E-state index contributed by atoms with van der Waals surface area (Å²) in [6.45, 7) is 12.8. The van der Waals surface area contributed by atoms with Gasteiger partial charge in [-0.15, -0.1) is 0 Å². The minimum absolute atomic E-state index is 0.442. The SMILES string of the molecule is CCCCCCOc1ccc(C2(c3ccc(OCCCCCC)cc3)C=c3ccc4c5c(ccc4c3OC2)=CC(c2ccc(OCCCCCC)cc2)(c2ccc(OCCCCCC)cc2)CO5)cc1. The highest BCUT2D eigenvalue weighted by Crippen LogP contribution is 2.43. The summed E-state index contributed by atoms with van der Waals surface area (Å²) in [5, 5.41) is 4.20. The first-order chi connectivity index (χ1) is 34.5. The molecule has 0 spiro atoms. The molecule has 6 nitrogen and oxygen atoms in total. The Hall–Kier alpha value is -5.88. The first-order valence-corrected chi connectivity index (χ1v) is 27.0. The number of hydrogen-bond acceptors (Lipinski definition) is 6. The summed E-state index contributed by atoms with van der Waals surface area (Å²) in [5.41, 5.74) is 3.54. The normalized spacial score (nSPS) is 14.3. The van der Waals surface area contributed by atoms with Crippen LogP contribution in [0.15, 0.2) is 121 Å². The molecule has 70 heavy (non-hydrogen) atoms. The lowest BCUT2D eigenvalue weighted by Crippen LogP contribution is -2.39. The van der Waals surface area contributed by atoms with Gasteiger partial charge in [0.1, 0.15) is 47.7 Å². The molecule has 0 atom stereocenters. The third kappa shape index (κ3) is 12.2. The van der Waals surface area contributed by atoms with Crippen LogP contribution in [0.3, 0.4) is 0 Å². The lowest BCUT2D eigenvalue weighted by atomic mass is 9.73. The van der Waals surface area contributed by atoms with E-state index in [-0.39, 0.29) is 0 Å². The van der Waals surface area contributed by atoms with Crippen LogP contribution in [0.5, 0.6) is 34.5 Å². The van der Waals surface area contributed by atoms with E-state index in [4.69, 9.17) is 28.4 Å². The molecular formula is C64H78O6. The molecule has 6 aromatic carbocycles. The van der Waals surface area contributed by atoms with Crippen molar-refractivity contribution in [1.82, 2.24) is 0 Å². The van der Waals surface area contributed by atoms with Crippen LogP contribution in [0, 0.1) is 0 Å². The van der Waals surface area contributed by atoms with Crippen LogP contribution in [0.4, 0.5) is 0 Å². The molecular weight excluding hydrogens is 865 g/mol. The Morgan fingerprint density at radius 3 is 0.857 bits per heavy atom. The molecule has 0 aliphatic carbocycles. The van der Waals surface area contributed by atoms with Crippen molar-refractivity contribution in [2.75, 3.05) is 39.6 Å². The van der Waals surface area contributed by atoms with E-state index in [0.717, 1.165) is 130 Å². The summed E-state index contributed by atoms with van der Waals surface area (Å²) in [4.78, 5) is 0. The molecule has 370 valence electrons. The maximum atomic E-state index is 7.03. The predicted octanol–water partition coefficient (Wildman–Crippen LogP) is 15.0. The zero-order valence-corrected chi connectivity index (χ0v) is 42.7. The van der Waals surface area contributed by atoms with Crippen molar-refractivity contribution in [3.05, 3.63) is 154 Å². The second-order valence-corrected chi connectivity index (χ2v) is 19.6. The van der Waals surface area contributed by atoms with E-state index in [1.54, 1.807) is 0 Å². The quantitative estimate of drug-likeness (QED) is 0.0457. The van der Waals surface area contributed by atoms with Crippen LogP contribution in [-0.2, 0) is 10.8 Å². The molecule has 0 saturated heterocycles. The van der Waals surface area contributed by atoms with E-state index < -0.39 is 10.8 Å². The van der Waals surface area contributed by atoms with Crippen molar-refractivity contribution in [3.63, 3.8) is 0 Å². The molecule has 2 heterocycles. The molecule has 2 aliphatic heterocycles. The number of hydrogen-bond donors (Lipinski definition) is 0. The Balaban J connectivity index is 1.13. The zero-order valence-electron chi connectivity index (χ0n) is 42.7. The molecule has 0 fully saturated rings. The fourth-order valence-corrected chi connectivity index (χ4v) is 10.2. The summed E-state index contributed by atoms with van der Waals surface area (Å²) < 4.78 is 38.8. The van der Waals surface area contributed by atoms with Gasteiger partial charge < -0.3 is 28.4 Å². The Kier molecular flexibility index (Phi) is 18.3. The van der Waals surface area contributed by atoms with E-state index in [1.807, 2.05) is 0 Å². The molecule has 6 heteroatoms. The molecule has 2 aliphatic rings. The van der Waals surface area contributed by atoms with Crippen molar-refractivity contribution < 1.29 is 28.4 Å². The van der Waals surface area contributed by atoms with Gasteiger partial charge in [-0.25, -0.2) is 0 Å². The van der Waals surface area contributed by atoms with Crippen LogP contribution >= 0.6 is 0 Å². The van der Waals surface area contributed by atoms with Crippen LogP contribution in [0.25, 0.3) is 22.9 Å². The average Bonchev–Trinajstić information content (AvgIpc) is 3.40. The summed E-state index contributed by atoms with van der Waals surface area (Å²) in [5.74, 6) is 5.35. The predicted molar refractivity (Wildman–Crippen MR) is 289 cm³/mol. The lowest BCUT2D eigenvalue weighted by Gasteiger charge is -2.36. The van der Waals surface area contributed by atoms with Gasteiger partial charge >= 0.3 is 0 Å². The van der Waals surface area contributed by atoms with Crippen molar-refractivity contribution in [1.29, 1.82) is 0 Å². The standard InChI is InChI=1S/C64H78O6/c1-5-9-13-17-41-65-55-31-23-51(24-32-55)63(52-25-33-56(34-26-52)66-42-18-14-10-6-2)45-49-21-39-60-59(61(49)69-47-63)40-22-50-46-64(48-70-62(50)60,53-27-35-57(36-28-53)67-43-19-15-11-7-3)54-29-37-58(38-30-54)68-44-20-16-12-8-4/h21-40,45-46H,5-20,41-44,47-48H2,1-4H3. The smallest absolute Gasteiger partial charge is 0.134 e. The lowest BCUT2D eigenvalue weighted by molar-refractivity contribution is 0.265. The van der Waals surface area contributed by atoms with E-state index in [0.29, 0.717) is 13.2 Å². The molecule has 0 aromatic heterocycles. The van der Waals surface area contributed by atoms with Crippen LogP contribution in [0.2, 0.25) is 0 Å². The Bertz CT molecular complexity index is 2350. The van der Waals surface area contributed by atoms with Gasteiger partial charge in [-0.1, -0.05) is 178 Å². The summed E-state index contributed by atoms with van der Waals surface area (Å²) in [6.07, 6.45) is 23.7. The number of rotatable bonds is 28. The molecule has 0 bridgehead atoms. The van der Waals surface area contributed by atoms with Gasteiger partial charge in [0.2, 0.25) is 0 Å². The van der Waals surface area contributed by atoms with Crippen molar-refractivity contribution in [3.8, 4) is 34.5 Å². The van der Waals surface area contributed by atoms with Crippen molar-refractivity contribution in [2.45, 2.75) is 141 Å². The minimum atomic E-state index is -0.538. The van der Waals surface area contributed by atoms with Gasteiger partial charge in [0.25, 0.3) is 0 Å². The first-order valence-electron chi connectivity index (χ1n) is 27.0. The Morgan fingerprint density at radius 2 is 0.600 bits per heavy atom. The highest BCUT2D eigenvalue weighted by molar-refractivity contribution is 5.95. The van der Waals surface area contributed by atoms with Crippen molar-refractivity contribution in [2.24, 2.45) is 0 Å². The summed E-state index contributed by atoms with van der Waals surface area (Å²) >= 11 is 0. The Morgan fingerprint density at radius 1 is 0.329 bits per heavy atom. The van der Waals surface area contributed by atoms with Gasteiger partial charge in [-0.3, -0.25) is 0 Å². The number of unbranched alkanes of at least 4 members (excludes halogenated alkanes) is 12. The summed E-state index contributed by atoms with van der Waals surface area (Å²) in [7, 11) is 0. The largest absolute Gasteiger partial charge is 0.494 e. The fourth-order valence-electron chi connectivity index (χ4n) is 10.2. The maximum absolute atomic E-state index is 7.03. The van der Waals surface area contributed by atoms with Crippen LogP contribution < -0.4 is 38.9 Å². The van der Waals surface area contributed by atoms with Gasteiger partial charge in [-0.05, 0) is 109 Å². The summed E-state index contributed by atoms with van der Waals surface area (Å²) in [6, 6.07) is 43.5. The number of ether oxygens (including phenoxy) is 6. The van der Waals surface area contributed by atoms with Gasteiger partial charge in [0.15, 0.2) is 0 Å². The van der Waals surface area contributed by atoms with Crippen LogP contribution in [-0.4, -0.2) is 39.6 Å². The van der Waals surface area contributed by atoms with E-state index in [2.05, 4.69) is 161 Å². The maximum Gasteiger partial charge on any atom is 0.134 e. The molecule has 6 aromatic rings. The zero-order chi connectivity index (χ0) is 48.4. The van der Waals surface area contributed by atoms with Gasteiger partial charge in [0.05, 0.1) is 37.3 Å². The van der Waals surface area contributed by atoms with E-state index in [9.17, 15) is 0 Å². The molecule has 8 rings (SSSR count). The Labute approximate surface area is 419 Å². The van der Waals surface area contributed by atoms with E-state index in [1.165, 1.54) is 77.0 Å². The number of fused-ring (bicyclic) bond motifs is 5. The number of benzene rings is 6. The van der Waals surface area contributed by atoms with Gasteiger partial charge in [-0.2, -0.15) is 0 Å². The monoisotopic (exact) mass is 943 g/mol. The van der Waals surface area contributed by atoms with Crippen molar-refractivity contribution >= 4 is 22.9 Å². The minimum Gasteiger partial charge on any atom is -0.494 e. The fraction of sp³-hybridized carbons (Fsp3) is 0.438. The molecule has 0 radical (unpaired) electrons. The molecule has 0 unspecified atom stereocenters. The van der Waals surface area contributed by atoms with Crippen LogP contribution in [0.1, 0.15) is 153 Å². The second kappa shape index (κ2) is 25.3. The third-order valence-electron chi connectivity index (χ3n) is 14.4. The molecule has 0 amide bonds. The van der Waals surface area contributed by atoms with Gasteiger partial charge in [0, 0.05) is 21.2 Å². The molecule has 0 saturated carbocycles.